The highest BCUT2D eigenvalue weighted by Gasteiger charge is 2.27. The lowest BCUT2D eigenvalue weighted by Gasteiger charge is -2.25. The van der Waals surface area contributed by atoms with Gasteiger partial charge in [-0.3, -0.25) is 4.79 Å². The zero-order chi connectivity index (χ0) is 19.9. The van der Waals surface area contributed by atoms with Crippen LogP contribution in [0.15, 0.2) is 29.2 Å². The van der Waals surface area contributed by atoms with Gasteiger partial charge in [0.1, 0.15) is 6.61 Å². The predicted octanol–water partition coefficient (Wildman–Crippen LogP) is 2.10. The summed E-state index contributed by atoms with van der Waals surface area (Å²) in [5.41, 5.74) is 0.612. The van der Waals surface area contributed by atoms with E-state index >= 15 is 0 Å². The van der Waals surface area contributed by atoms with E-state index in [1.807, 2.05) is 0 Å². The summed E-state index contributed by atoms with van der Waals surface area (Å²) in [5, 5.41) is 2.46. The number of nitrogens with zero attached hydrogens (tertiary/aromatic N) is 1. The Morgan fingerprint density at radius 2 is 1.74 bits per heavy atom. The van der Waals surface area contributed by atoms with E-state index in [-0.39, 0.29) is 30.4 Å². The number of alkyl halides is 3. The summed E-state index contributed by atoms with van der Waals surface area (Å²) in [6.45, 7) is -0.587. The molecule has 1 aliphatic rings. The number of sulfonamides is 1. The Hall–Kier alpha value is -1.65. The van der Waals surface area contributed by atoms with Crippen LogP contribution in [0.1, 0.15) is 24.8 Å². The molecule has 0 radical (unpaired) electrons. The maximum atomic E-state index is 12.5. The van der Waals surface area contributed by atoms with Crippen molar-refractivity contribution in [3.05, 3.63) is 29.8 Å². The van der Waals surface area contributed by atoms with Crippen molar-refractivity contribution in [3.63, 3.8) is 0 Å². The molecule has 1 aromatic rings. The molecule has 1 saturated heterocycles. The number of halogens is 3. The van der Waals surface area contributed by atoms with Crippen molar-refractivity contribution in [2.75, 3.05) is 32.8 Å². The molecule has 0 aliphatic carbocycles. The van der Waals surface area contributed by atoms with Crippen LogP contribution in [0.3, 0.4) is 0 Å². The van der Waals surface area contributed by atoms with Gasteiger partial charge in [-0.25, -0.2) is 8.42 Å². The average Bonchev–Trinajstić information content (AvgIpc) is 2.61. The zero-order valence-corrected chi connectivity index (χ0v) is 15.6. The molecule has 0 saturated carbocycles. The number of carbonyl (C=O) groups is 1. The topological polar surface area (TPSA) is 75.7 Å². The standard InChI is InChI=1S/C17H23F3N2O4S/c18-17(19,20)13-26-11-8-21-16(23)12-14-4-6-15(7-5-14)27(24,25)22-9-2-1-3-10-22/h4-7H,1-3,8-13H2,(H,21,23). The lowest BCUT2D eigenvalue weighted by Crippen LogP contribution is -2.35. The van der Waals surface area contributed by atoms with Crippen LogP contribution in [0, 0.1) is 0 Å². The normalized spacial score (nSPS) is 16.3. The Labute approximate surface area is 156 Å². The fourth-order valence-corrected chi connectivity index (χ4v) is 4.25. The number of carbonyl (C=O) groups excluding carboxylic acids is 1. The second-order valence-corrected chi connectivity index (χ2v) is 8.24. The first-order chi connectivity index (χ1) is 12.7. The summed E-state index contributed by atoms with van der Waals surface area (Å²) < 4.78 is 66.7. The van der Waals surface area contributed by atoms with Gasteiger partial charge in [-0.1, -0.05) is 18.6 Å². The van der Waals surface area contributed by atoms with Crippen molar-refractivity contribution >= 4 is 15.9 Å². The maximum Gasteiger partial charge on any atom is 0.411 e. The molecule has 10 heteroatoms. The van der Waals surface area contributed by atoms with Gasteiger partial charge in [0.15, 0.2) is 0 Å². The van der Waals surface area contributed by atoms with Gasteiger partial charge in [-0.15, -0.1) is 0 Å². The van der Waals surface area contributed by atoms with Crippen LogP contribution in [0.2, 0.25) is 0 Å². The highest BCUT2D eigenvalue weighted by Crippen LogP contribution is 2.21. The summed E-state index contributed by atoms with van der Waals surface area (Å²) in [5.74, 6) is -0.378. The van der Waals surface area contributed by atoms with Gasteiger partial charge in [0.05, 0.1) is 17.9 Å². The van der Waals surface area contributed by atoms with Gasteiger partial charge in [-0.2, -0.15) is 17.5 Å². The van der Waals surface area contributed by atoms with E-state index < -0.39 is 22.8 Å². The molecule has 2 rings (SSSR count). The van der Waals surface area contributed by atoms with Crippen LogP contribution < -0.4 is 5.32 Å². The molecule has 0 unspecified atom stereocenters. The molecule has 6 nitrogen and oxygen atoms in total. The van der Waals surface area contributed by atoms with Crippen LogP contribution in [0.4, 0.5) is 13.2 Å². The second-order valence-electron chi connectivity index (χ2n) is 6.30. The van der Waals surface area contributed by atoms with E-state index in [0.29, 0.717) is 18.7 Å². The number of hydrogen-bond donors (Lipinski definition) is 1. The molecular formula is C17H23F3N2O4S. The van der Waals surface area contributed by atoms with Crippen molar-refractivity contribution in [1.29, 1.82) is 0 Å². The third kappa shape index (κ3) is 7.11. The monoisotopic (exact) mass is 408 g/mol. The zero-order valence-electron chi connectivity index (χ0n) is 14.8. The van der Waals surface area contributed by atoms with Crippen molar-refractivity contribution in [2.24, 2.45) is 0 Å². The molecule has 0 bridgehead atoms. The SMILES string of the molecule is O=C(Cc1ccc(S(=O)(=O)N2CCCCC2)cc1)NCCOCC(F)(F)F. The third-order valence-electron chi connectivity index (χ3n) is 4.08. The van der Waals surface area contributed by atoms with Crippen molar-refractivity contribution in [2.45, 2.75) is 36.8 Å². The van der Waals surface area contributed by atoms with Crippen LogP contribution in [0.25, 0.3) is 0 Å². The summed E-state index contributed by atoms with van der Waals surface area (Å²) in [4.78, 5) is 12.0. The van der Waals surface area contributed by atoms with Crippen LogP contribution in [-0.4, -0.2) is 57.7 Å². The molecule has 1 N–H and O–H groups in total. The lowest BCUT2D eigenvalue weighted by molar-refractivity contribution is -0.173. The van der Waals surface area contributed by atoms with E-state index in [1.54, 1.807) is 12.1 Å². The highest BCUT2D eigenvalue weighted by atomic mass is 32.2. The molecule has 0 atom stereocenters. The van der Waals surface area contributed by atoms with Crippen molar-refractivity contribution < 1.29 is 31.1 Å². The summed E-state index contributed by atoms with van der Waals surface area (Å²) in [7, 11) is -3.52. The van der Waals surface area contributed by atoms with Crippen molar-refractivity contribution in [3.8, 4) is 0 Å². The van der Waals surface area contributed by atoms with E-state index in [4.69, 9.17) is 0 Å². The number of piperidine rings is 1. The Morgan fingerprint density at radius 3 is 2.33 bits per heavy atom. The molecule has 1 aliphatic heterocycles. The minimum Gasteiger partial charge on any atom is -0.370 e. The van der Waals surface area contributed by atoms with Gasteiger partial charge < -0.3 is 10.1 Å². The van der Waals surface area contributed by atoms with E-state index in [9.17, 15) is 26.4 Å². The quantitative estimate of drug-likeness (QED) is 0.669. The van der Waals surface area contributed by atoms with Gasteiger partial charge in [0, 0.05) is 19.6 Å². The molecule has 1 aromatic carbocycles. The first-order valence-electron chi connectivity index (χ1n) is 8.69. The van der Waals surface area contributed by atoms with E-state index in [0.717, 1.165) is 19.3 Å². The average molecular weight is 408 g/mol. The Morgan fingerprint density at radius 1 is 1.11 bits per heavy atom. The Bertz CT molecular complexity index is 715. The fraction of sp³-hybridized carbons (Fsp3) is 0.588. The number of nitrogens with one attached hydrogen (secondary N) is 1. The van der Waals surface area contributed by atoms with Crippen molar-refractivity contribution in [1.82, 2.24) is 9.62 Å². The maximum absolute atomic E-state index is 12.5. The van der Waals surface area contributed by atoms with Crippen LogP contribution in [0.5, 0.6) is 0 Å². The number of benzene rings is 1. The summed E-state index contributed by atoms with van der Waals surface area (Å²) in [6, 6.07) is 6.07. The molecule has 1 amide bonds. The number of rotatable bonds is 8. The molecule has 1 fully saturated rings. The second kappa shape index (κ2) is 9.52. The number of hydrogen-bond acceptors (Lipinski definition) is 4. The smallest absolute Gasteiger partial charge is 0.370 e. The first-order valence-corrected chi connectivity index (χ1v) is 10.1. The predicted molar refractivity (Wildman–Crippen MR) is 92.6 cm³/mol. The molecular weight excluding hydrogens is 385 g/mol. The highest BCUT2D eigenvalue weighted by molar-refractivity contribution is 7.89. The Balaban J connectivity index is 1.80. The Kier molecular flexibility index (Phi) is 7.63. The minimum absolute atomic E-state index is 0.00329. The summed E-state index contributed by atoms with van der Waals surface area (Å²) in [6.07, 6.45) is -1.65. The fourth-order valence-electron chi connectivity index (χ4n) is 2.73. The molecule has 27 heavy (non-hydrogen) atoms. The molecule has 0 aromatic heterocycles. The van der Waals surface area contributed by atoms with Gasteiger partial charge in [-0.05, 0) is 30.5 Å². The number of amides is 1. The van der Waals surface area contributed by atoms with Crippen LogP contribution >= 0.6 is 0 Å². The van der Waals surface area contributed by atoms with Gasteiger partial charge >= 0.3 is 6.18 Å². The summed E-state index contributed by atoms with van der Waals surface area (Å²) >= 11 is 0. The van der Waals surface area contributed by atoms with E-state index in [2.05, 4.69) is 10.1 Å². The molecule has 0 spiro atoms. The van der Waals surface area contributed by atoms with Gasteiger partial charge in [0.25, 0.3) is 0 Å². The van der Waals surface area contributed by atoms with Crippen LogP contribution in [-0.2, 0) is 26.0 Å². The largest absolute Gasteiger partial charge is 0.411 e. The lowest BCUT2D eigenvalue weighted by atomic mass is 10.1. The van der Waals surface area contributed by atoms with E-state index in [1.165, 1.54) is 16.4 Å². The first kappa shape index (κ1) is 21.6. The number of ether oxygens (including phenoxy) is 1. The van der Waals surface area contributed by atoms with Gasteiger partial charge in [0.2, 0.25) is 15.9 Å². The minimum atomic E-state index is -4.39. The third-order valence-corrected chi connectivity index (χ3v) is 5.99. The molecule has 1 heterocycles. The molecule has 152 valence electrons.